The number of hydrogen-bond donors (Lipinski definition) is 1. The normalized spacial score (nSPS) is 14.7. The zero-order valence-corrected chi connectivity index (χ0v) is 16.4. The summed E-state index contributed by atoms with van der Waals surface area (Å²) in [7, 11) is 1.40. The van der Waals surface area contributed by atoms with E-state index < -0.39 is 0 Å². The summed E-state index contributed by atoms with van der Waals surface area (Å²) >= 11 is 0. The number of rotatable bonds is 7. The fourth-order valence-electron chi connectivity index (χ4n) is 3.38. The van der Waals surface area contributed by atoms with Crippen molar-refractivity contribution in [1.82, 2.24) is 15.1 Å². The summed E-state index contributed by atoms with van der Waals surface area (Å²) in [6.45, 7) is 6.00. The maximum Gasteiger partial charge on any atom is 0.305 e. The van der Waals surface area contributed by atoms with Gasteiger partial charge in [-0.3, -0.25) is 9.59 Å². The van der Waals surface area contributed by atoms with Gasteiger partial charge in [-0.25, -0.2) is 4.68 Å². The SMILES string of the molecule is COC(=O)CCc1c(C)nn(-c2ccc(C(=O)N[C@H](C)C3CC3)cc2)c1C. The number of aryl methyl sites for hydroxylation is 1. The summed E-state index contributed by atoms with van der Waals surface area (Å²) in [6.07, 6.45) is 3.35. The number of carbonyl (C=O) groups excluding carboxylic acids is 2. The molecule has 6 heteroatoms. The maximum atomic E-state index is 12.4. The Morgan fingerprint density at radius 1 is 1.26 bits per heavy atom. The highest BCUT2D eigenvalue weighted by Gasteiger charge is 2.29. The molecule has 3 rings (SSSR count). The first-order valence-corrected chi connectivity index (χ1v) is 9.44. The van der Waals surface area contributed by atoms with Gasteiger partial charge < -0.3 is 10.1 Å². The molecule has 1 amide bonds. The molecule has 144 valence electrons. The number of aromatic nitrogens is 2. The van der Waals surface area contributed by atoms with Crippen molar-refractivity contribution in [2.45, 2.75) is 52.5 Å². The number of ether oxygens (including phenoxy) is 1. The Labute approximate surface area is 159 Å². The van der Waals surface area contributed by atoms with Gasteiger partial charge in [0.15, 0.2) is 0 Å². The average molecular weight is 369 g/mol. The van der Waals surface area contributed by atoms with Crippen molar-refractivity contribution >= 4 is 11.9 Å². The first-order chi connectivity index (χ1) is 12.9. The molecule has 27 heavy (non-hydrogen) atoms. The summed E-state index contributed by atoms with van der Waals surface area (Å²) in [5, 5.41) is 7.67. The van der Waals surface area contributed by atoms with E-state index in [0.717, 1.165) is 22.6 Å². The molecule has 1 fully saturated rings. The highest BCUT2D eigenvalue weighted by Crippen LogP contribution is 2.32. The largest absolute Gasteiger partial charge is 0.469 e. The molecule has 0 bridgehead atoms. The van der Waals surface area contributed by atoms with Crippen LogP contribution in [0.5, 0.6) is 0 Å². The Morgan fingerprint density at radius 3 is 2.52 bits per heavy atom. The number of benzene rings is 1. The third kappa shape index (κ3) is 4.38. The second-order valence-corrected chi connectivity index (χ2v) is 7.28. The average Bonchev–Trinajstić information content (AvgIpc) is 3.47. The van der Waals surface area contributed by atoms with Gasteiger partial charge in [-0.15, -0.1) is 0 Å². The molecule has 6 nitrogen and oxygen atoms in total. The van der Waals surface area contributed by atoms with Crippen LogP contribution in [-0.4, -0.2) is 34.8 Å². The molecular formula is C21H27N3O3. The lowest BCUT2D eigenvalue weighted by Crippen LogP contribution is -2.33. The van der Waals surface area contributed by atoms with E-state index in [2.05, 4.69) is 17.3 Å². The number of carbonyl (C=O) groups is 2. The van der Waals surface area contributed by atoms with E-state index in [1.165, 1.54) is 20.0 Å². The summed E-state index contributed by atoms with van der Waals surface area (Å²) in [5.41, 5.74) is 4.50. The number of nitrogens with zero attached hydrogens (tertiary/aromatic N) is 2. The van der Waals surface area contributed by atoms with E-state index in [0.29, 0.717) is 24.3 Å². The van der Waals surface area contributed by atoms with Crippen molar-refractivity contribution in [3.63, 3.8) is 0 Å². The van der Waals surface area contributed by atoms with Gasteiger partial charge in [0, 0.05) is 23.7 Å². The van der Waals surface area contributed by atoms with E-state index >= 15 is 0 Å². The summed E-state index contributed by atoms with van der Waals surface area (Å²) in [4.78, 5) is 23.8. The van der Waals surface area contributed by atoms with Gasteiger partial charge in [-0.2, -0.15) is 5.10 Å². The van der Waals surface area contributed by atoms with Gasteiger partial charge in [-0.05, 0) is 75.8 Å². The van der Waals surface area contributed by atoms with E-state index in [9.17, 15) is 9.59 Å². The van der Waals surface area contributed by atoms with Crippen molar-refractivity contribution in [1.29, 1.82) is 0 Å². The van der Waals surface area contributed by atoms with Crippen LogP contribution < -0.4 is 5.32 Å². The molecule has 1 heterocycles. The van der Waals surface area contributed by atoms with Gasteiger partial charge in [-0.1, -0.05) is 0 Å². The molecule has 1 atom stereocenters. The molecule has 1 aromatic carbocycles. The molecule has 1 saturated carbocycles. The van der Waals surface area contributed by atoms with Crippen molar-refractivity contribution in [2.75, 3.05) is 7.11 Å². The molecule has 0 aliphatic heterocycles. The second kappa shape index (κ2) is 7.94. The van der Waals surface area contributed by atoms with E-state index in [1.807, 2.05) is 42.8 Å². The Hall–Kier alpha value is -2.63. The van der Waals surface area contributed by atoms with E-state index in [-0.39, 0.29) is 17.9 Å². The molecular weight excluding hydrogens is 342 g/mol. The van der Waals surface area contributed by atoms with Crippen LogP contribution in [0.3, 0.4) is 0 Å². The summed E-state index contributed by atoms with van der Waals surface area (Å²) < 4.78 is 6.58. The molecule has 1 aliphatic carbocycles. The lowest BCUT2D eigenvalue weighted by atomic mass is 10.1. The molecule has 1 N–H and O–H groups in total. The van der Waals surface area contributed by atoms with Crippen LogP contribution >= 0.6 is 0 Å². The number of amides is 1. The van der Waals surface area contributed by atoms with Crippen molar-refractivity contribution < 1.29 is 14.3 Å². The number of hydrogen-bond acceptors (Lipinski definition) is 4. The van der Waals surface area contributed by atoms with Gasteiger partial charge in [0.1, 0.15) is 0 Å². The zero-order chi connectivity index (χ0) is 19.6. The van der Waals surface area contributed by atoms with Crippen LogP contribution in [0.2, 0.25) is 0 Å². The van der Waals surface area contributed by atoms with Gasteiger partial charge in [0.05, 0.1) is 18.5 Å². The fourth-order valence-corrected chi connectivity index (χ4v) is 3.38. The molecule has 1 aliphatic rings. The highest BCUT2D eigenvalue weighted by atomic mass is 16.5. The third-order valence-electron chi connectivity index (χ3n) is 5.31. The molecule has 1 aromatic heterocycles. The maximum absolute atomic E-state index is 12.4. The van der Waals surface area contributed by atoms with Crippen LogP contribution in [0.25, 0.3) is 5.69 Å². The highest BCUT2D eigenvalue weighted by molar-refractivity contribution is 5.94. The van der Waals surface area contributed by atoms with Crippen molar-refractivity contribution in [3.8, 4) is 5.69 Å². The minimum absolute atomic E-state index is 0.0342. The number of esters is 1. The Balaban J connectivity index is 1.73. The van der Waals surface area contributed by atoms with Gasteiger partial charge >= 0.3 is 5.97 Å². The van der Waals surface area contributed by atoms with Crippen LogP contribution in [0.4, 0.5) is 0 Å². The monoisotopic (exact) mass is 369 g/mol. The van der Waals surface area contributed by atoms with Gasteiger partial charge in [0.2, 0.25) is 0 Å². The lowest BCUT2D eigenvalue weighted by molar-refractivity contribution is -0.140. The topological polar surface area (TPSA) is 73.2 Å². The third-order valence-corrected chi connectivity index (χ3v) is 5.31. The first kappa shape index (κ1) is 19.1. The number of methoxy groups -OCH3 is 1. The lowest BCUT2D eigenvalue weighted by Gasteiger charge is -2.13. The molecule has 0 unspecified atom stereocenters. The minimum Gasteiger partial charge on any atom is -0.469 e. The van der Waals surface area contributed by atoms with E-state index in [4.69, 9.17) is 4.74 Å². The standard InChI is InChI=1S/C21H27N3O3/c1-13(16-5-6-16)22-21(26)17-7-9-18(10-8-17)24-15(3)19(14(2)23-24)11-12-20(25)27-4/h7-10,13,16H,5-6,11-12H2,1-4H3,(H,22,26)/t13-/m1/s1. The summed E-state index contributed by atoms with van der Waals surface area (Å²) in [5.74, 6) is 0.372. The van der Waals surface area contributed by atoms with Crippen molar-refractivity contribution in [3.05, 3.63) is 46.8 Å². The molecule has 0 radical (unpaired) electrons. The van der Waals surface area contributed by atoms with Crippen molar-refractivity contribution in [2.24, 2.45) is 5.92 Å². The minimum atomic E-state index is -0.225. The Bertz CT molecular complexity index is 835. The van der Waals surface area contributed by atoms with Gasteiger partial charge in [0.25, 0.3) is 5.91 Å². The smallest absolute Gasteiger partial charge is 0.305 e. The zero-order valence-electron chi connectivity index (χ0n) is 16.4. The first-order valence-electron chi connectivity index (χ1n) is 9.44. The summed E-state index contributed by atoms with van der Waals surface area (Å²) in [6, 6.07) is 7.69. The predicted octanol–water partition coefficient (Wildman–Crippen LogP) is 3.12. The van der Waals surface area contributed by atoms with E-state index in [1.54, 1.807) is 0 Å². The second-order valence-electron chi connectivity index (χ2n) is 7.28. The molecule has 2 aromatic rings. The number of nitrogens with one attached hydrogen (secondary N) is 1. The van der Waals surface area contributed by atoms with Crippen LogP contribution in [-0.2, 0) is 16.0 Å². The fraction of sp³-hybridized carbons (Fsp3) is 0.476. The molecule has 0 spiro atoms. The molecule has 0 saturated heterocycles. The van der Waals surface area contributed by atoms with Crippen LogP contribution in [0.1, 0.15) is 53.5 Å². The predicted molar refractivity (Wildman–Crippen MR) is 103 cm³/mol. The van der Waals surface area contributed by atoms with Crippen LogP contribution in [0, 0.1) is 19.8 Å². The Kier molecular flexibility index (Phi) is 5.63. The quantitative estimate of drug-likeness (QED) is 0.761. The van der Waals surface area contributed by atoms with Crippen LogP contribution in [0.15, 0.2) is 24.3 Å². The Morgan fingerprint density at radius 2 is 1.93 bits per heavy atom.